The highest BCUT2D eigenvalue weighted by molar-refractivity contribution is 5.92. The molecule has 1 aliphatic rings. The molecule has 0 aliphatic carbocycles. The van der Waals surface area contributed by atoms with Crippen molar-refractivity contribution in [1.82, 2.24) is 4.90 Å². The van der Waals surface area contributed by atoms with Gasteiger partial charge in [0.15, 0.2) is 5.76 Å². The molecular weight excluding hydrogens is 248 g/mol. The Balaban J connectivity index is 1.81. The Morgan fingerprint density at radius 1 is 1.16 bits per heavy atom. The number of benzene rings is 1. The molecule has 96 valence electrons. The normalized spacial score (nSPS) is 13.4. The highest BCUT2D eigenvalue weighted by Gasteiger charge is 2.27. The van der Waals surface area contributed by atoms with Gasteiger partial charge in [0.1, 0.15) is 4.92 Å². The van der Waals surface area contributed by atoms with Crippen molar-refractivity contribution in [2.75, 3.05) is 0 Å². The maximum atomic E-state index is 12.2. The van der Waals surface area contributed by atoms with E-state index < -0.39 is 10.8 Å². The number of amides is 1. The summed E-state index contributed by atoms with van der Waals surface area (Å²) in [4.78, 5) is 23.6. The Morgan fingerprint density at radius 2 is 1.79 bits per heavy atom. The number of furan rings is 1. The number of nitro groups is 1. The standard InChI is InChI=1S/C13H10N2O4/c16-13(11-5-6-12(19-11)15(17)18)14-7-9-3-1-2-4-10(9)8-14/h1-6H,7-8H2. The van der Waals surface area contributed by atoms with Crippen molar-refractivity contribution in [3.63, 3.8) is 0 Å². The molecule has 1 aromatic heterocycles. The Morgan fingerprint density at radius 3 is 2.32 bits per heavy atom. The first-order valence-corrected chi connectivity index (χ1v) is 5.75. The largest absolute Gasteiger partial charge is 0.433 e. The lowest BCUT2D eigenvalue weighted by Gasteiger charge is -2.12. The highest BCUT2D eigenvalue weighted by Crippen LogP contribution is 2.25. The third-order valence-electron chi connectivity index (χ3n) is 3.11. The number of nitrogens with zero attached hydrogens (tertiary/aromatic N) is 2. The Kier molecular flexibility index (Phi) is 2.56. The molecule has 0 N–H and O–H groups in total. The summed E-state index contributed by atoms with van der Waals surface area (Å²) in [7, 11) is 0. The maximum Gasteiger partial charge on any atom is 0.433 e. The monoisotopic (exact) mass is 258 g/mol. The highest BCUT2D eigenvalue weighted by atomic mass is 16.6. The molecule has 2 heterocycles. The minimum Gasteiger partial charge on any atom is -0.395 e. The summed E-state index contributed by atoms with van der Waals surface area (Å²) in [6, 6.07) is 10.3. The van der Waals surface area contributed by atoms with Gasteiger partial charge in [0, 0.05) is 13.1 Å². The number of carbonyl (C=O) groups excluding carboxylic acids is 1. The second-order valence-electron chi connectivity index (χ2n) is 4.32. The summed E-state index contributed by atoms with van der Waals surface area (Å²) in [6.45, 7) is 1.01. The Bertz CT molecular complexity index is 637. The first kappa shape index (κ1) is 11.5. The van der Waals surface area contributed by atoms with E-state index in [4.69, 9.17) is 4.42 Å². The lowest BCUT2D eigenvalue weighted by Crippen LogP contribution is -2.24. The number of fused-ring (bicyclic) bond motifs is 1. The van der Waals surface area contributed by atoms with Crippen LogP contribution in [0.2, 0.25) is 0 Å². The number of carbonyl (C=O) groups is 1. The number of hydrogen-bond donors (Lipinski definition) is 0. The molecule has 0 saturated heterocycles. The molecular formula is C13H10N2O4. The fraction of sp³-hybridized carbons (Fsp3) is 0.154. The van der Waals surface area contributed by atoms with Crippen molar-refractivity contribution < 1.29 is 14.1 Å². The first-order valence-electron chi connectivity index (χ1n) is 5.75. The van der Waals surface area contributed by atoms with Crippen molar-refractivity contribution in [3.05, 3.63) is 63.4 Å². The van der Waals surface area contributed by atoms with E-state index in [1.807, 2.05) is 24.3 Å². The zero-order valence-corrected chi connectivity index (χ0v) is 9.91. The molecule has 0 unspecified atom stereocenters. The maximum absolute atomic E-state index is 12.2. The van der Waals surface area contributed by atoms with Crippen LogP contribution in [0.25, 0.3) is 0 Å². The lowest BCUT2D eigenvalue weighted by molar-refractivity contribution is -0.402. The quantitative estimate of drug-likeness (QED) is 0.612. The predicted molar refractivity (Wildman–Crippen MR) is 65.4 cm³/mol. The molecule has 0 spiro atoms. The van der Waals surface area contributed by atoms with Crippen LogP contribution in [0.15, 0.2) is 40.8 Å². The fourth-order valence-corrected chi connectivity index (χ4v) is 2.17. The molecule has 2 aromatic rings. The zero-order valence-electron chi connectivity index (χ0n) is 9.91. The van der Waals surface area contributed by atoms with Gasteiger partial charge in [0.2, 0.25) is 0 Å². The molecule has 0 bridgehead atoms. The number of hydrogen-bond acceptors (Lipinski definition) is 4. The molecule has 6 heteroatoms. The average molecular weight is 258 g/mol. The second-order valence-corrected chi connectivity index (χ2v) is 4.32. The molecule has 0 fully saturated rings. The summed E-state index contributed by atoms with van der Waals surface area (Å²) in [6.07, 6.45) is 0. The van der Waals surface area contributed by atoms with E-state index in [9.17, 15) is 14.9 Å². The van der Waals surface area contributed by atoms with Crippen LogP contribution in [-0.2, 0) is 13.1 Å². The van der Waals surface area contributed by atoms with Gasteiger partial charge < -0.3 is 9.32 Å². The minimum absolute atomic E-state index is 0.000457. The molecule has 1 aromatic carbocycles. The van der Waals surface area contributed by atoms with Crippen LogP contribution in [0.5, 0.6) is 0 Å². The van der Waals surface area contributed by atoms with Gasteiger partial charge in [-0.25, -0.2) is 0 Å². The smallest absolute Gasteiger partial charge is 0.395 e. The summed E-state index contributed by atoms with van der Waals surface area (Å²) in [5.74, 6) is -0.746. The van der Waals surface area contributed by atoms with E-state index in [1.54, 1.807) is 4.90 Å². The van der Waals surface area contributed by atoms with E-state index in [-0.39, 0.29) is 11.7 Å². The van der Waals surface area contributed by atoms with Crippen LogP contribution >= 0.6 is 0 Å². The molecule has 3 rings (SSSR count). The molecule has 0 atom stereocenters. The Labute approximate surface area is 108 Å². The van der Waals surface area contributed by atoms with Crippen molar-refractivity contribution in [3.8, 4) is 0 Å². The molecule has 6 nitrogen and oxygen atoms in total. The second kappa shape index (κ2) is 4.24. The van der Waals surface area contributed by atoms with Gasteiger partial charge in [0.25, 0.3) is 5.91 Å². The molecule has 19 heavy (non-hydrogen) atoms. The van der Waals surface area contributed by atoms with Gasteiger partial charge in [-0.05, 0) is 17.2 Å². The van der Waals surface area contributed by atoms with Crippen LogP contribution in [0.4, 0.5) is 5.88 Å². The molecule has 0 saturated carbocycles. The van der Waals surface area contributed by atoms with Gasteiger partial charge >= 0.3 is 5.88 Å². The van der Waals surface area contributed by atoms with Gasteiger partial charge in [-0.2, -0.15) is 0 Å². The van der Waals surface area contributed by atoms with Gasteiger partial charge in [-0.1, -0.05) is 24.3 Å². The lowest BCUT2D eigenvalue weighted by atomic mass is 10.1. The zero-order chi connectivity index (χ0) is 13.4. The molecule has 1 amide bonds. The third-order valence-corrected chi connectivity index (χ3v) is 3.11. The van der Waals surface area contributed by atoms with Gasteiger partial charge in [0.05, 0.1) is 6.07 Å². The first-order chi connectivity index (χ1) is 9.15. The van der Waals surface area contributed by atoms with Crippen molar-refractivity contribution in [2.45, 2.75) is 13.1 Å². The van der Waals surface area contributed by atoms with Crippen LogP contribution in [0.1, 0.15) is 21.7 Å². The fourth-order valence-electron chi connectivity index (χ4n) is 2.17. The van der Waals surface area contributed by atoms with Crippen LogP contribution in [0, 0.1) is 10.1 Å². The summed E-state index contributed by atoms with van der Waals surface area (Å²) >= 11 is 0. The minimum atomic E-state index is -0.657. The van der Waals surface area contributed by atoms with Crippen LogP contribution in [0.3, 0.4) is 0 Å². The molecule has 1 aliphatic heterocycles. The topological polar surface area (TPSA) is 76.6 Å². The Hall–Kier alpha value is -2.63. The van der Waals surface area contributed by atoms with Gasteiger partial charge in [-0.3, -0.25) is 14.9 Å². The van der Waals surface area contributed by atoms with E-state index >= 15 is 0 Å². The van der Waals surface area contributed by atoms with E-state index in [0.29, 0.717) is 13.1 Å². The SMILES string of the molecule is O=C(c1ccc([N+](=O)[O-])o1)N1Cc2ccccc2C1. The summed E-state index contributed by atoms with van der Waals surface area (Å²) < 4.78 is 4.93. The predicted octanol–water partition coefficient (Wildman–Crippen LogP) is 2.34. The van der Waals surface area contributed by atoms with Crippen LogP contribution < -0.4 is 0 Å². The van der Waals surface area contributed by atoms with E-state index in [1.165, 1.54) is 12.1 Å². The summed E-state index contributed by atoms with van der Waals surface area (Å²) in [5, 5.41) is 10.5. The van der Waals surface area contributed by atoms with Crippen molar-refractivity contribution >= 4 is 11.8 Å². The average Bonchev–Trinajstić information content (AvgIpc) is 3.04. The van der Waals surface area contributed by atoms with Crippen molar-refractivity contribution in [2.24, 2.45) is 0 Å². The number of rotatable bonds is 2. The van der Waals surface area contributed by atoms with Gasteiger partial charge in [-0.15, -0.1) is 0 Å². The van der Waals surface area contributed by atoms with E-state index in [0.717, 1.165) is 11.1 Å². The van der Waals surface area contributed by atoms with E-state index in [2.05, 4.69) is 0 Å². The van der Waals surface area contributed by atoms with Crippen molar-refractivity contribution in [1.29, 1.82) is 0 Å². The molecule has 0 radical (unpaired) electrons. The van der Waals surface area contributed by atoms with Crippen LogP contribution in [-0.4, -0.2) is 15.7 Å². The summed E-state index contributed by atoms with van der Waals surface area (Å²) in [5.41, 5.74) is 2.19. The third kappa shape index (κ3) is 1.97.